The summed E-state index contributed by atoms with van der Waals surface area (Å²) < 4.78 is 0. The molecule has 1 aromatic carbocycles. The second kappa shape index (κ2) is 6.04. The molecule has 0 aliphatic rings. The fraction of sp³-hybridized carbons (Fsp3) is 0.286. The highest BCUT2D eigenvalue weighted by Crippen LogP contribution is 2.16. The number of rotatable bonds is 5. The van der Waals surface area contributed by atoms with Crippen LogP contribution in [-0.4, -0.2) is 29.5 Å². The van der Waals surface area contributed by atoms with Crippen LogP contribution in [0.4, 0.5) is 5.69 Å². The number of carbonyl (C=O) groups is 1. The fourth-order valence-electron chi connectivity index (χ4n) is 1.89. The molecule has 0 saturated carbocycles. The number of hydrogen-bond acceptors (Lipinski definition) is 3. The van der Waals surface area contributed by atoms with Gasteiger partial charge in [-0.05, 0) is 19.1 Å². The first-order chi connectivity index (χ1) is 9.20. The van der Waals surface area contributed by atoms with Crippen LogP contribution in [-0.2, 0) is 6.42 Å². The Bertz CT molecular complexity index is 549. The molecule has 0 spiro atoms. The van der Waals surface area contributed by atoms with E-state index in [1.54, 1.807) is 12.4 Å². The molecule has 0 fully saturated rings. The second-order valence-corrected chi connectivity index (χ2v) is 4.34. The largest absolute Gasteiger partial charge is 0.387 e. The third-order valence-electron chi connectivity index (χ3n) is 2.89. The van der Waals surface area contributed by atoms with E-state index in [0.29, 0.717) is 18.5 Å². The Morgan fingerprint density at radius 2 is 2.26 bits per heavy atom. The van der Waals surface area contributed by atoms with Crippen LogP contribution in [0, 0.1) is 6.92 Å². The Labute approximate surface area is 112 Å². The molecule has 1 aromatic heterocycles. The zero-order chi connectivity index (χ0) is 13.7. The third kappa shape index (κ3) is 3.34. The number of aryl methyl sites for hydroxylation is 1. The van der Waals surface area contributed by atoms with Crippen LogP contribution in [0.15, 0.2) is 30.6 Å². The van der Waals surface area contributed by atoms with Gasteiger partial charge >= 0.3 is 0 Å². The molecule has 100 valence electrons. The Hall–Kier alpha value is -2.30. The normalized spacial score (nSPS) is 10.2. The first-order valence-corrected chi connectivity index (χ1v) is 6.25. The molecule has 5 nitrogen and oxygen atoms in total. The molecule has 5 heteroatoms. The van der Waals surface area contributed by atoms with Gasteiger partial charge in [0.15, 0.2) is 0 Å². The SMILES string of the molecule is CNc1ccc(C)cc1C(=O)NCCc1ncc[nH]1. The number of aromatic amines is 1. The number of aromatic nitrogens is 2. The predicted molar refractivity (Wildman–Crippen MR) is 75.4 cm³/mol. The topological polar surface area (TPSA) is 69.8 Å². The summed E-state index contributed by atoms with van der Waals surface area (Å²) in [4.78, 5) is 19.2. The van der Waals surface area contributed by atoms with E-state index in [4.69, 9.17) is 0 Å². The zero-order valence-corrected chi connectivity index (χ0v) is 11.2. The highest BCUT2D eigenvalue weighted by Gasteiger charge is 2.10. The fourth-order valence-corrected chi connectivity index (χ4v) is 1.89. The van der Waals surface area contributed by atoms with Crippen LogP contribution >= 0.6 is 0 Å². The quantitative estimate of drug-likeness (QED) is 0.765. The van der Waals surface area contributed by atoms with Crippen molar-refractivity contribution in [3.8, 4) is 0 Å². The van der Waals surface area contributed by atoms with Crippen LogP contribution in [0.25, 0.3) is 0 Å². The highest BCUT2D eigenvalue weighted by molar-refractivity contribution is 5.99. The molecule has 0 unspecified atom stereocenters. The summed E-state index contributed by atoms with van der Waals surface area (Å²) in [5.41, 5.74) is 2.57. The first-order valence-electron chi connectivity index (χ1n) is 6.25. The zero-order valence-electron chi connectivity index (χ0n) is 11.2. The molecule has 1 amide bonds. The van der Waals surface area contributed by atoms with Crippen molar-refractivity contribution < 1.29 is 4.79 Å². The van der Waals surface area contributed by atoms with Crippen molar-refractivity contribution in [1.29, 1.82) is 0 Å². The summed E-state index contributed by atoms with van der Waals surface area (Å²) in [5.74, 6) is 0.804. The second-order valence-electron chi connectivity index (χ2n) is 4.34. The number of nitrogens with zero attached hydrogens (tertiary/aromatic N) is 1. The monoisotopic (exact) mass is 258 g/mol. The van der Waals surface area contributed by atoms with E-state index >= 15 is 0 Å². The van der Waals surface area contributed by atoms with Crippen LogP contribution in [0.5, 0.6) is 0 Å². The number of hydrogen-bond donors (Lipinski definition) is 3. The number of amides is 1. The van der Waals surface area contributed by atoms with E-state index in [1.807, 2.05) is 32.2 Å². The maximum atomic E-state index is 12.1. The smallest absolute Gasteiger partial charge is 0.253 e. The Morgan fingerprint density at radius 1 is 1.42 bits per heavy atom. The van der Waals surface area contributed by atoms with Crippen LogP contribution in [0.3, 0.4) is 0 Å². The molecule has 0 aliphatic heterocycles. The average Bonchev–Trinajstić information content (AvgIpc) is 2.91. The maximum absolute atomic E-state index is 12.1. The van der Waals surface area contributed by atoms with Crippen molar-refractivity contribution >= 4 is 11.6 Å². The predicted octanol–water partition coefficient (Wildman–Crippen LogP) is 1.73. The molecule has 2 aromatic rings. The molecule has 0 saturated heterocycles. The van der Waals surface area contributed by atoms with E-state index in [1.165, 1.54) is 0 Å². The lowest BCUT2D eigenvalue weighted by atomic mass is 10.1. The van der Waals surface area contributed by atoms with Gasteiger partial charge in [-0.25, -0.2) is 4.98 Å². The van der Waals surface area contributed by atoms with E-state index in [9.17, 15) is 4.79 Å². The summed E-state index contributed by atoms with van der Waals surface area (Å²) in [7, 11) is 1.81. The van der Waals surface area contributed by atoms with Gasteiger partial charge in [-0.15, -0.1) is 0 Å². The van der Waals surface area contributed by atoms with E-state index in [-0.39, 0.29) is 5.91 Å². The minimum absolute atomic E-state index is 0.0698. The van der Waals surface area contributed by atoms with Gasteiger partial charge in [-0.2, -0.15) is 0 Å². The van der Waals surface area contributed by atoms with Crippen LogP contribution < -0.4 is 10.6 Å². The summed E-state index contributed by atoms with van der Waals surface area (Å²) in [5, 5.41) is 5.93. The molecule has 3 N–H and O–H groups in total. The minimum atomic E-state index is -0.0698. The Balaban J connectivity index is 1.97. The molecular formula is C14H18N4O. The summed E-state index contributed by atoms with van der Waals surface area (Å²) in [6.07, 6.45) is 4.17. The van der Waals surface area contributed by atoms with Gasteiger partial charge < -0.3 is 15.6 Å². The lowest BCUT2D eigenvalue weighted by molar-refractivity contribution is 0.0954. The average molecular weight is 258 g/mol. The molecule has 0 radical (unpaired) electrons. The van der Waals surface area contributed by atoms with Gasteiger partial charge in [0, 0.05) is 38.1 Å². The number of anilines is 1. The van der Waals surface area contributed by atoms with Crippen molar-refractivity contribution in [3.63, 3.8) is 0 Å². The first kappa shape index (κ1) is 13.1. The van der Waals surface area contributed by atoms with Gasteiger partial charge in [0.25, 0.3) is 5.91 Å². The van der Waals surface area contributed by atoms with Gasteiger partial charge in [0.1, 0.15) is 5.82 Å². The van der Waals surface area contributed by atoms with Crippen LogP contribution in [0.1, 0.15) is 21.7 Å². The van der Waals surface area contributed by atoms with E-state index < -0.39 is 0 Å². The van der Waals surface area contributed by atoms with Crippen molar-refractivity contribution in [1.82, 2.24) is 15.3 Å². The molecule has 0 aliphatic carbocycles. The Kier molecular flexibility index (Phi) is 4.18. The number of carbonyl (C=O) groups excluding carboxylic acids is 1. The lowest BCUT2D eigenvalue weighted by Crippen LogP contribution is -2.26. The van der Waals surface area contributed by atoms with Crippen LogP contribution in [0.2, 0.25) is 0 Å². The van der Waals surface area contributed by atoms with Crippen molar-refractivity contribution in [2.24, 2.45) is 0 Å². The van der Waals surface area contributed by atoms with Crippen molar-refractivity contribution in [2.75, 3.05) is 18.9 Å². The number of H-pyrrole nitrogens is 1. The maximum Gasteiger partial charge on any atom is 0.253 e. The van der Waals surface area contributed by atoms with Gasteiger partial charge in [-0.3, -0.25) is 4.79 Å². The number of nitrogens with one attached hydrogen (secondary N) is 3. The number of benzene rings is 1. The third-order valence-corrected chi connectivity index (χ3v) is 2.89. The molecular weight excluding hydrogens is 240 g/mol. The summed E-state index contributed by atoms with van der Waals surface area (Å²) >= 11 is 0. The Morgan fingerprint density at radius 3 is 2.95 bits per heavy atom. The van der Waals surface area contributed by atoms with Gasteiger partial charge in [0.05, 0.1) is 5.56 Å². The van der Waals surface area contributed by atoms with Gasteiger partial charge in [-0.1, -0.05) is 11.6 Å². The highest BCUT2D eigenvalue weighted by atomic mass is 16.1. The van der Waals surface area contributed by atoms with Crippen molar-refractivity contribution in [3.05, 3.63) is 47.5 Å². The standard InChI is InChI=1S/C14H18N4O/c1-10-3-4-12(15-2)11(9-10)14(19)18-6-5-13-16-7-8-17-13/h3-4,7-9,15H,5-6H2,1-2H3,(H,16,17)(H,18,19). The lowest BCUT2D eigenvalue weighted by Gasteiger charge is -2.10. The van der Waals surface area contributed by atoms with Crippen molar-refractivity contribution in [2.45, 2.75) is 13.3 Å². The minimum Gasteiger partial charge on any atom is -0.387 e. The van der Waals surface area contributed by atoms with Gasteiger partial charge in [0.2, 0.25) is 0 Å². The molecule has 0 bridgehead atoms. The molecule has 1 heterocycles. The van der Waals surface area contributed by atoms with E-state index in [2.05, 4.69) is 20.6 Å². The molecule has 19 heavy (non-hydrogen) atoms. The summed E-state index contributed by atoms with van der Waals surface area (Å²) in [6.45, 7) is 2.53. The molecule has 2 rings (SSSR count). The molecule has 0 atom stereocenters. The number of imidazole rings is 1. The van der Waals surface area contributed by atoms with E-state index in [0.717, 1.165) is 17.1 Å². The summed E-state index contributed by atoms with van der Waals surface area (Å²) in [6, 6.07) is 5.77.